The van der Waals surface area contributed by atoms with E-state index in [0.717, 1.165) is 12.3 Å². The lowest BCUT2D eigenvalue weighted by Crippen LogP contribution is -2.21. The van der Waals surface area contributed by atoms with E-state index in [9.17, 15) is 0 Å². The number of anilines is 3. The highest BCUT2D eigenvalue weighted by molar-refractivity contribution is 5.69. The van der Waals surface area contributed by atoms with Crippen molar-refractivity contribution in [2.45, 2.75) is 19.9 Å². The molecule has 0 aliphatic heterocycles. The van der Waals surface area contributed by atoms with Crippen molar-refractivity contribution in [2.75, 3.05) is 30.0 Å². The topological polar surface area (TPSA) is 73.3 Å². The van der Waals surface area contributed by atoms with Crippen molar-refractivity contribution in [1.82, 2.24) is 0 Å². The van der Waals surface area contributed by atoms with Crippen molar-refractivity contribution in [3.63, 3.8) is 0 Å². The van der Waals surface area contributed by atoms with Crippen LogP contribution in [0.4, 0.5) is 17.1 Å². The molecule has 0 amide bonds. The molecular weight excluding hydrogens is 190 g/mol. The van der Waals surface area contributed by atoms with Crippen LogP contribution in [-0.2, 0) is 4.74 Å². The Kier molecular flexibility index (Phi) is 4.24. The number of nitrogen functional groups attached to an aromatic ring is 2. The van der Waals surface area contributed by atoms with Crippen LogP contribution in [-0.4, -0.2) is 19.3 Å². The highest BCUT2D eigenvalue weighted by atomic mass is 16.5. The second-order valence-electron chi connectivity index (χ2n) is 3.55. The Hall–Kier alpha value is -1.42. The molecule has 1 atom stereocenters. The molecule has 0 saturated heterocycles. The summed E-state index contributed by atoms with van der Waals surface area (Å²) in [7, 11) is 0. The van der Waals surface area contributed by atoms with Gasteiger partial charge in [-0.25, -0.2) is 0 Å². The lowest BCUT2D eigenvalue weighted by atomic mass is 10.2. The monoisotopic (exact) mass is 209 g/mol. The molecule has 0 bridgehead atoms. The maximum Gasteiger partial charge on any atom is 0.0664 e. The molecule has 1 aromatic carbocycles. The van der Waals surface area contributed by atoms with Crippen LogP contribution in [0.15, 0.2) is 18.2 Å². The normalized spacial score (nSPS) is 12.4. The van der Waals surface area contributed by atoms with E-state index in [1.165, 1.54) is 0 Å². The molecule has 84 valence electrons. The molecule has 0 heterocycles. The highest BCUT2D eigenvalue weighted by Gasteiger charge is 2.02. The summed E-state index contributed by atoms with van der Waals surface area (Å²) in [5, 5.41) is 3.28. The summed E-state index contributed by atoms with van der Waals surface area (Å²) in [5.74, 6) is 0. The van der Waals surface area contributed by atoms with Crippen LogP contribution >= 0.6 is 0 Å². The maximum absolute atomic E-state index is 5.70. The second kappa shape index (κ2) is 5.46. The van der Waals surface area contributed by atoms with E-state index in [-0.39, 0.29) is 6.04 Å². The highest BCUT2D eigenvalue weighted by Crippen LogP contribution is 2.20. The standard InChI is InChI=1S/C11H19N3O/c1-3-15-7-8(2)14-9-4-5-10(12)11(13)6-9/h4-6,8,14H,3,7,12-13H2,1-2H3. The lowest BCUT2D eigenvalue weighted by molar-refractivity contribution is 0.141. The summed E-state index contributed by atoms with van der Waals surface area (Å²) in [5.41, 5.74) is 13.5. The molecule has 4 heteroatoms. The first kappa shape index (κ1) is 11.7. The predicted octanol–water partition coefficient (Wildman–Crippen LogP) is 1.69. The van der Waals surface area contributed by atoms with Crippen LogP contribution < -0.4 is 16.8 Å². The van der Waals surface area contributed by atoms with Gasteiger partial charge in [0, 0.05) is 18.3 Å². The first-order chi connectivity index (χ1) is 7.13. The summed E-state index contributed by atoms with van der Waals surface area (Å²) in [6.07, 6.45) is 0. The third kappa shape index (κ3) is 3.67. The minimum atomic E-state index is 0.257. The fraction of sp³-hybridized carbons (Fsp3) is 0.455. The van der Waals surface area contributed by atoms with Gasteiger partial charge in [0.2, 0.25) is 0 Å². The molecule has 15 heavy (non-hydrogen) atoms. The van der Waals surface area contributed by atoms with Gasteiger partial charge in [-0.2, -0.15) is 0 Å². The fourth-order valence-corrected chi connectivity index (χ4v) is 1.29. The zero-order chi connectivity index (χ0) is 11.3. The van der Waals surface area contributed by atoms with Gasteiger partial charge in [0.15, 0.2) is 0 Å². The van der Waals surface area contributed by atoms with E-state index in [0.29, 0.717) is 18.0 Å². The molecule has 0 aliphatic carbocycles. The Morgan fingerprint density at radius 3 is 2.67 bits per heavy atom. The molecule has 0 spiro atoms. The summed E-state index contributed by atoms with van der Waals surface area (Å²) in [6.45, 7) is 5.45. The minimum absolute atomic E-state index is 0.257. The van der Waals surface area contributed by atoms with E-state index in [1.54, 1.807) is 6.07 Å². The van der Waals surface area contributed by atoms with Crippen LogP contribution in [0, 0.1) is 0 Å². The molecule has 1 rings (SSSR count). The van der Waals surface area contributed by atoms with Gasteiger partial charge >= 0.3 is 0 Å². The van der Waals surface area contributed by atoms with Crippen LogP contribution in [0.2, 0.25) is 0 Å². The molecule has 0 saturated carbocycles. The summed E-state index contributed by atoms with van der Waals surface area (Å²) >= 11 is 0. The predicted molar refractivity (Wildman–Crippen MR) is 64.8 cm³/mol. The van der Waals surface area contributed by atoms with Crippen molar-refractivity contribution in [3.8, 4) is 0 Å². The van der Waals surface area contributed by atoms with Crippen LogP contribution in [0.3, 0.4) is 0 Å². The Bertz CT molecular complexity index is 315. The summed E-state index contributed by atoms with van der Waals surface area (Å²) in [6, 6.07) is 5.80. The van der Waals surface area contributed by atoms with Gasteiger partial charge < -0.3 is 21.5 Å². The molecule has 0 aliphatic rings. The van der Waals surface area contributed by atoms with Crippen molar-refractivity contribution in [2.24, 2.45) is 0 Å². The van der Waals surface area contributed by atoms with Crippen LogP contribution in [0.5, 0.6) is 0 Å². The Labute approximate surface area is 90.6 Å². The summed E-state index contributed by atoms with van der Waals surface area (Å²) in [4.78, 5) is 0. The smallest absolute Gasteiger partial charge is 0.0664 e. The quantitative estimate of drug-likeness (QED) is 0.645. The van der Waals surface area contributed by atoms with Gasteiger partial charge in [0.1, 0.15) is 0 Å². The Morgan fingerprint density at radius 2 is 2.07 bits per heavy atom. The van der Waals surface area contributed by atoms with Crippen LogP contribution in [0.25, 0.3) is 0 Å². The van der Waals surface area contributed by atoms with Gasteiger partial charge in [0.25, 0.3) is 0 Å². The fourth-order valence-electron chi connectivity index (χ4n) is 1.29. The van der Waals surface area contributed by atoms with E-state index < -0.39 is 0 Å². The first-order valence-electron chi connectivity index (χ1n) is 5.12. The molecule has 0 aromatic heterocycles. The largest absolute Gasteiger partial charge is 0.397 e. The zero-order valence-electron chi connectivity index (χ0n) is 9.29. The molecule has 5 N–H and O–H groups in total. The average molecular weight is 209 g/mol. The van der Waals surface area contributed by atoms with Gasteiger partial charge in [-0.3, -0.25) is 0 Å². The van der Waals surface area contributed by atoms with Gasteiger partial charge in [0.05, 0.1) is 18.0 Å². The lowest BCUT2D eigenvalue weighted by Gasteiger charge is -2.15. The number of nitrogens with one attached hydrogen (secondary N) is 1. The zero-order valence-corrected chi connectivity index (χ0v) is 9.29. The molecule has 0 radical (unpaired) electrons. The third-order valence-corrected chi connectivity index (χ3v) is 2.07. The number of nitrogens with two attached hydrogens (primary N) is 2. The molecule has 4 nitrogen and oxygen atoms in total. The Morgan fingerprint density at radius 1 is 1.33 bits per heavy atom. The van der Waals surface area contributed by atoms with Crippen molar-refractivity contribution < 1.29 is 4.74 Å². The molecule has 1 unspecified atom stereocenters. The SMILES string of the molecule is CCOCC(C)Nc1ccc(N)c(N)c1. The maximum atomic E-state index is 5.70. The number of benzene rings is 1. The first-order valence-corrected chi connectivity index (χ1v) is 5.12. The second-order valence-corrected chi connectivity index (χ2v) is 3.55. The average Bonchev–Trinajstić information content (AvgIpc) is 2.20. The van der Waals surface area contributed by atoms with Crippen LogP contribution in [0.1, 0.15) is 13.8 Å². The molecule has 1 aromatic rings. The summed E-state index contributed by atoms with van der Waals surface area (Å²) < 4.78 is 5.30. The van der Waals surface area contributed by atoms with Crippen molar-refractivity contribution in [3.05, 3.63) is 18.2 Å². The molecular formula is C11H19N3O. The van der Waals surface area contributed by atoms with E-state index in [2.05, 4.69) is 12.2 Å². The number of ether oxygens (including phenoxy) is 1. The van der Waals surface area contributed by atoms with Gasteiger partial charge in [-0.05, 0) is 32.0 Å². The van der Waals surface area contributed by atoms with E-state index in [1.807, 2.05) is 19.1 Å². The van der Waals surface area contributed by atoms with Gasteiger partial charge in [-0.1, -0.05) is 0 Å². The number of hydrogen-bond donors (Lipinski definition) is 3. The van der Waals surface area contributed by atoms with Gasteiger partial charge in [-0.15, -0.1) is 0 Å². The van der Waals surface area contributed by atoms with Crippen molar-refractivity contribution >= 4 is 17.1 Å². The minimum Gasteiger partial charge on any atom is -0.397 e. The molecule has 0 fully saturated rings. The van der Waals surface area contributed by atoms with E-state index in [4.69, 9.17) is 16.2 Å². The third-order valence-electron chi connectivity index (χ3n) is 2.07. The number of hydrogen-bond acceptors (Lipinski definition) is 4. The number of rotatable bonds is 5. The van der Waals surface area contributed by atoms with Crippen molar-refractivity contribution in [1.29, 1.82) is 0 Å². The van der Waals surface area contributed by atoms with E-state index >= 15 is 0 Å². The Balaban J connectivity index is 2.53.